The summed E-state index contributed by atoms with van der Waals surface area (Å²) in [5.74, 6) is -1.05. The molecule has 0 aliphatic carbocycles. The SMILES string of the molecule is O=C(Nc1ccc(C(=O)/C=C/c2ccc(Br)cc2)cc1)/C(=C/c1ccc(-c2ccccc2)cc1)NC(=O)c1ccccc1. The van der Waals surface area contributed by atoms with Crippen molar-refractivity contribution in [3.05, 3.63) is 172 Å². The van der Waals surface area contributed by atoms with Crippen LogP contribution in [0, 0.1) is 0 Å². The highest BCUT2D eigenvalue weighted by atomic mass is 79.9. The van der Waals surface area contributed by atoms with E-state index in [1.807, 2.05) is 84.9 Å². The molecule has 5 rings (SSSR count). The third kappa shape index (κ3) is 8.12. The Balaban J connectivity index is 1.32. The molecule has 0 spiro atoms. The minimum atomic E-state index is -0.495. The van der Waals surface area contributed by atoms with Crippen molar-refractivity contribution in [2.24, 2.45) is 0 Å². The largest absolute Gasteiger partial charge is 0.321 e. The highest BCUT2D eigenvalue weighted by Gasteiger charge is 2.15. The second kappa shape index (κ2) is 14.0. The van der Waals surface area contributed by atoms with Crippen molar-refractivity contribution in [3.63, 3.8) is 0 Å². The molecular weight excluding hydrogens is 600 g/mol. The predicted octanol–water partition coefficient (Wildman–Crippen LogP) is 8.42. The average Bonchev–Trinajstić information content (AvgIpc) is 3.05. The fourth-order valence-corrected chi connectivity index (χ4v) is 4.53. The third-order valence-electron chi connectivity index (χ3n) is 6.58. The van der Waals surface area contributed by atoms with Crippen LogP contribution in [0.15, 0.2) is 150 Å². The summed E-state index contributed by atoms with van der Waals surface area (Å²) >= 11 is 3.40. The second-order valence-corrected chi connectivity index (χ2v) is 10.6. The number of anilines is 1. The second-order valence-electron chi connectivity index (χ2n) is 9.65. The Labute approximate surface area is 258 Å². The van der Waals surface area contributed by atoms with Gasteiger partial charge in [-0.25, -0.2) is 0 Å². The van der Waals surface area contributed by atoms with Crippen molar-refractivity contribution >= 4 is 51.4 Å². The summed E-state index contributed by atoms with van der Waals surface area (Å²) in [6, 6.07) is 40.7. The molecule has 5 nitrogen and oxygen atoms in total. The summed E-state index contributed by atoms with van der Waals surface area (Å²) in [6.45, 7) is 0. The van der Waals surface area contributed by atoms with Crippen LogP contribution in [0.4, 0.5) is 5.69 Å². The Morgan fingerprint density at radius 1 is 0.581 bits per heavy atom. The molecule has 0 aliphatic rings. The summed E-state index contributed by atoms with van der Waals surface area (Å²) < 4.78 is 0.965. The maximum atomic E-state index is 13.4. The summed E-state index contributed by atoms with van der Waals surface area (Å²) in [7, 11) is 0. The Morgan fingerprint density at radius 2 is 1.16 bits per heavy atom. The van der Waals surface area contributed by atoms with E-state index in [0.29, 0.717) is 16.8 Å². The number of rotatable bonds is 9. The zero-order valence-corrected chi connectivity index (χ0v) is 24.6. The molecule has 2 N–H and O–H groups in total. The van der Waals surface area contributed by atoms with Gasteiger partial charge in [0.1, 0.15) is 5.70 Å². The Hall–Kier alpha value is -5.33. The topological polar surface area (TPSA) is 75.3 Å². The maximum absolute atomic E-state index is 13.4. The van der Waals surface area contributed by atoms with Gasteiger partial charge in [-0.05, 0) is 82.9 Å². The quantitative estimate of drug-likeness (QED) is 0.127. The molecule has 5 aromatic rings. The first-order valence-corrected chi connectivity index (χ1v) is 14.4. The Morgan fingerprint density at radius 3 is 1.81 bits per heavy atom. The van der Waals surface area contributed by atoms with E-state index >= 15 is 0 Å². The van der Waals surface area contributed by atoms with E-state index in [9.17, 15) is 14.4 Å². The lowest BCUT2D eigenvalue weighted by atomic mass is 10.0. The van der Waals surface area contributed by atoms with E-state index in [1.54, 1.807) is 60.7 Å². The van der Waals surface area contributed by atoms with Crippen LogP contribution in [0.3, 0.4) is 0 Å². The molecule has 0 saturated heterocycles. The van der Waals surface area contributed by atoms with E-state index in [1.165, 1.54) is 6.08 Å². The lowest BCUT2D eigenvalue weighted by Crippen LogP contribution is -2.30. The molecule has 0 bridgehead atoms. The van der Waals surface area contributed by atoms with E-state index in [0.717, 1.165) is 26.7 Å². The molecule has 43 heavy (non-hydrogen) atoms. The van der Waals surface area contributed by atoms with Crippen molar-refractivity contribution in [1.29, 1.82) is 0 Å². The van der Waals surface area contributed by atoms with Gasteiger partial charge in [0, 0.05) is 21.3 Å². The molecular formula is C37H27BrN2O3. The fourth-order valence-electron chi connectivity index (χ4n) is 4.27. The lowest BCUT2D eigenvalue weighted by molar-refractivity contribution is -0.113. The van der Waals surface area contributed by atoms with Crippen LogP contribution < -0.4 is 10.6 Å². The number of hydrogen-bond donors (Lipinski definition) is 2. The zero-order chi connectivity index (χ0) is 30.0. The molecule has 0 heterocycles. The number of allylic oxidation sites excluding steroid dienone is 1. The number of ketones is 1. The smallest absolute Gasteiger partial charge is 0.272 e. The van der Waals surface area contributed by atoms with Crippen LogP contribution in [-0.2, 0) is 4.79 Å². The van der Waals surface area contributed by atoms with Gasteiger partial charge in [-0.3, -0.25) is 14.4 Å². The minimum Gasteiger partial charge on any atom is -0.321 e. The van der Waals surface area contributed by atoms with Gasteiger partial charge in [0.15, 0.2) is 5.78 Å². The van der Waals surface area contributed by atoms with Crippen LogP contribution in [0.2, 0.25) is 0 Å². The number of carbonyl (C=O) groups is 3. The van der Waals surface area contributed by atoms with Crippen molar-refractivity contribution in [2.45, 2.75) is 0 Å². The molecule has 0 atom stereocenters. The van der Waals surface area contributed by atoms with Crippen molar-refractivity contribution < 1.29 is 14.4 Å². The molecule has 0 aromatic heterocycles. The number of amides is 2. The van der Waals surface area contributed by atoms with Gasteiger partial charge < -0.3 is 10.6 Å². The number of hydrogen-bond acceptors (Lipinski definition) is 3. The number of halogens is 1. The van der Waals surface area contributed by atoms with Crippen molar-refractivity contribution in [1.82, 2.24) is 5.32 Å². The Bertz CT molecular complexity index is 1780. The molecule has 2 amide bonds. The van der Waals surface area contributed by atoms with E-state index in [-0.39, 0.29) is 11.5 Å². The Kier molecular flexibility index (Phi) is 9.52. The first-order chi connectivity index (χ1) is 20.9. The molecule has 0 saturated carbocycles. The number of benzene rings is 5. The van der Waals surface area contributed by atoms with Gasteiger partial charge in [0.2, 0.25) is 0 Å². The van der Waals surface area contributed by atoms with E-state index < -0.39 is 11.8 Å². The van der Waals surface area contributed by atoms with E-state index in [4.69, 9.17) is 0 Å². The molecule has 0 radical (unpaired) electrons. The van der Waals surface area contributed by atoms with Gasteiger partial charge in [-0.15, -0.1) is 0 Å². The van der Waals surface area contributed by atoms with Crippen LogP contribution >= 0.6 is 15.9 Å². The van der Waals surface area contributed by atoms with Crippen molar-refractivity contribution in [3.8, 4) is 11.1 Å². The zero-order valence-electron chi connectivity index (χ0n) is 23.0. The molecule has 0 aliphatic heterocycles. The monoisotopic (exact) mass is 626 g/mol. The summed E-state index contributed by atoms with van der Waals surface area (Å²) in [6.07, 6.45) is 4.90. The molecule has 0 fully saturated rings. The number of carbonyl (C=O) groups excluding carboxylic acids is 3. The summed E-state index contributed by atoms with van der Waals surface area (Å²) in [4.78, 5) is 39.0. The van der Waals surface area contributed by atoms with Gasteiger partial charge in [0.05, 0.1) is 0 Å². The average molecular weight is 628 g/mol. The molecule has 0 unspecified atom stereocenters. The fraction of sp³-hybridized carbons (Fsp3) is 0. The third-order valence-corrected chi connectivity index (χ3v) is 7.11. The van der Waals surface area contributed by atoms with Crippen molar-refractivity contribution in [2.75, 3.05) is 5.32 Å². The summed E-state index contributed by atoms with van der Waals surface area (Å²) in [5.41, 5.74) is 5.26. The van der Waals surface area contributed by atoms with Gasteiger partial charge >= 0.3 is 0 Å². The normalized spacial score (nSPS) is 11.2. The van der Waals surface area contributed by atoms with Gasteiger partial charge in [-0.2, -0.15) is 0 Å². The van der Waals surface area contributed by atoms with Crippen LogP contribution in [0.1, 0.15) is 31.8 Å². The lowest BCUT2D eigenvalue weighted by Gasteiger charge is -2.12. The highest BCUT2D eigenvalue weighted by Crippen LogP contribution is 2.21. The molecule has 5 aromatic carbocycles. The van der Waals surface area contributed by atoms with E-state index in [2.05, 4.69) is 26.6 Å². The van der Waals surface area contributed by atoms with Crippen LogP contribution in [-0.4, -0.2) is 17.6 Å². The first kappa shape index (κ1) is 29.2. The van der Waals surface area contributed by atoms with Gasteiger partial charge in [0.25, 0.3) is 11.8 Å². The molecule has 210 valence electrons. The van der Waals surface area contributed by atoms with Crippen LogP contribution in [0.5, 0.6) is 0 Å². The highest BCUT2D eigenvalue weighted by molar-refractivity contribution is 9.10. The van der Waals surface area contributed by atoms with Crippen LogP contribution in [0.25, 0.3) is 23.3 Å². The minimum absolute atomic E-state index is 0.0823. The first-order valence-electron chi connectivity index (χ1n) is 13.6. The molecule has 6 heteroatoms. The number of nitrogens with one attached hydrogen (secondary N) is 2. The van der Waals surface area contributed by atoms with Gasteiger partial charge in [-0.1, -0.05) is 107 Å². The summed E-state index contributed by atoms with van der Waals surface area (Å²) in [5, 5.41) is 5.59. The predicted molar refractivity (Wildman–Crippen MR) is 176 cm³/mol. The standard InChI is InChI=1S/C37H27BrN2O3/c38-32-20-13-26(14-21-32)15-24-35(41)30-18-22-33(23-19-30)39-37(43)34(40-36(42)31-9-5-2-6-10-31)25-27-11-16-29(17-12-27)28-7-3-1-4-8-28/h1-25H,(H,39,43)(H,40,42)/b24-15+,34-25-. The maximum Gasteiger partial charge on any atom is 0.272 e.